The monoisotopic (exact) mass is 318 g/mol. The molecule has 0 bridgehead atoms. The van der Waals surface area contributed by atoms with Gasteiger partial charge in [0.2, 0.25) is 0 Å². The maximum Gasteiger partial charge on any atom is 0.0670 e. The molecule has 1 nitrogen and oxygen atoms in total. The summed E-state index contributed by atoms with van der Waals surface area (Å²) in [6.45, 7) is 0. The van der Waals surface area contributed by atoms with Crippen LogP contribution >= 0.6 is 35.0 Å². The van der Waals surface area contributed by atoms with Gasteiger partial charge in [0.1, 0.15) is 0 Å². The smallest absolute Gasteiger partial charge is 0.0670 e. The first-order valence-electron chi connectivity index (χ1n) is 6.89. The zero-order valence-corrected chi connectivity index (χ0v) is 13.3. The van der Waals surface area contributed by atoms with Crippen LogP contribution in [0, 0.1) is 0 Å². The molecule has 1 fully saturated rings. The number of hydrogen-bond acceptors (Lipinski definition) is 2. The van der Waals surface area contributed by atoms with E-state index in [4.69, 9.17) is 23.2 Å². The molecule has 19 heavy (non-hydrogen) atoms. The molecule has 1 N–H and O–H groups in total. The Bertz CT molecular complexity index is 405. The fraction of sp³-hybridized carbons (Fsp3) is 0.600. The lowest BCUT2D eigenvalue weighted by molar-refractivity contribution is 0.200. The number of thioether (sulfide) groups is 1. The van der Waals surface area contributed by atoms with Crippen LogP contribution in [0.2, 0.25) is 10.0 Å². The fourth-order valence-corrected chi connectivity index (χ4v) is 4.08. The Morgan fingerprint density at radius 1 is 1.16 bits per heavy atom. The van der Waals surface area contributed by atoms with Crippen LogP contribution in [0.1, 0.15) is 37.7 Å². The van der Waals surface area contributed by atoms with Crippen molar-refractivity contribution in [3.8, 4) is 0 Å². The Hall–Kier alpha value is 0.110. The zero-order valence-electron chi connectivity index (χ0n) is 10.9. The normalized spacial score (nSPS) is 18.5. The number of hydrogen-bond donors (Lipinski definition) is 1. The topological polar surface area (TPSA) is 20.2 Å². The van der Waals surface area contributed by atoms with E-state index in [0.717, 1.165) is 16.6 Å². The van der Waals surface area contributed by atoms with Crippen molar-refractivity contribution < 1.29 is 5.11 Å². The molecule has 1 aliphatic rings. The second-order valence-electron chi connectivity index (χ2n) is 5.20. The molecule has 0 radical (unpaired) electrons. The van der Waals surface area contributed by atoms with Gasteiger partial charge in [-0.15, -0.1) is 0 Å². The number of halogens is 2. The predicted molar refractivity (Wildman–Crippen MR) is 85.5 cm³/mol. The lowest BCUT2D eigenvalue weighted by Crippen LogP contribution is -2.17. The van der Waals surface area contributed by atoms with Gasteiger partial charge in [0.15, 0.2) is 0 Å². The van der Waals surface area contributed by atoms with Crippen LogP contribution in [0.4, 0.5) is 0 Å². The molecule has 1 aromatic carbocycles. The summed E-state index contributed by atoms with van der Waals surface area (Å²) in [5.74, 6) is 0.810. The fourth-order valence-electron chi connectivity index (χ4n) is 2.48. The SMILES string of the molecule is OC(CSC1CCCCC1)Cc1ccc(Cl)c(Cl)c1. The molecular formula is C15H20Cl2OS. The number of aliphatic hydroxyl groups is 1. The molecule has 1 aromatic rings. The average molecular weight is 319 g/mol. The van der Waals surface area contributed by atoms with Gasteiger partial charge in [-0.05, 0) is 37.0 Å². The van der Waals surface area contributed by atoms with Crippen LogP contribution < -0.4 is 0 Å². The first-order valence-corrected chi connectivity index (χ1v) is 8.69. The number of benzene rings is 1. The zero-order chi connectivity index (χ0) is 13.7. The minimum absolute atomic E-state index is 0.302. The molecule has 1 aliphatic carbocycles. The van der Waals surface area contributed by atoms with Gasteiger partial charge in [-0.2, -0.15) is 11.8 Å². The van der Waals surface area contributed by atoms with E-state index in [9.17, 15) is 5.11 Å². The molecule has 1 saturated carbocycles. The quantitative estimate of drug-likeness (QED) is 0.827. The largest absolute Gasteiger partial charge is 0.392 e. The summed E-state index contributed by atoms with van der Waals surface area (Å²) >= 11 is 13.8. The first kappa shape index (κ1) is 15.5. The van der Waals surface area contributed by atoms with Crippen LogP contribution in [0.3, 0.4) is 0 Å². The summed E-state index contributed by atoms with van der Waals surface area (Å²) < 4.78 is 0. The van der Waals surface area contributed by atoms with E-state index < -0.39 is 0 Å². The Morgan fingerprint density at radius 3 is 2.58 bits per heavy atom. The molecular weight excluding hydrogens is 299 g/mol. The molecule has 0 aromatic heterocycles. The maximum atomic E-state index is 10.1. The number of rotatable bonds is 5. The van der Waals surface area contributed by atoms with Crippen molar-refractivity contribution in [1.29, 1.82) is 0 Å². The van der Waals surface area contributed by atoms with E-state index in [1.165, 1.54) is 32.1 Å². The molecule has 0 heterocycles. The van der Waals surface area contributed by atoms with E-state index in [2.05, 4.69) is 0 Å². The molecule has 2 rings (SSSR count). The summed E-state index contributed by atoms with van der Waals surface area (Å²) in [5.41, 5.74) is 1.05. The van der Waals surface area contributed by atoms with Crippen LogP contribution in [-0.4, -0.2) is 22.2 Å². The van der Waals surface area contributed by atoms with E-state index in [1.54, 1.807) is 6.07 Å². The Kier molecular flexibility index (Phi) is 6.34. The molecule has 0 saturated heterocycles. The van der Waals surface area contributed by atoms with Crippen molar-refractivity contribution in [2.45, 2.75) is 49.9 Å². The van der Waals surface area contributed by atoms with Gasteiger partial charge in [0, 0.05) is 11.0 Å². The van der Waals surface area contributed by atoms with Crippen molar-refractivity contribution in [2.24, 2.45) is 0 Å². The van der Waals surface area contributed by atoms with Crippen LogP contribution in [0.15, 0.2) is 18.2 Å². The van der Waals surface area contributed by atoms with E-state index in [0.29, 0.717) is 16.5 Å². The molecule has 1 unspecified atom stereocenters. The van der Waals surface area contributed by atoms with Crippen LogP contribution in [0.5, 0.6) is 0 Å². The summed E-state index contributed by atoms with van der Waals surface area (Å²) in [4.78, 5) is 0. The highest BCUT2D eigenvalue weighted by molar-refractivity contribution is 7.99. The highest BCUT2D eigenvalue weighted by Gasteiger charge is 2.16. The Morgan fingerprint density at radius 2 is 1.89 bits per heavy atom. The van der Waals surface area contributed by atoms with Crippen molar-refractivity contribution in [2.75, 3.05) is 5.75 Å². The van der Waals surface area contributed by atoms with Crippen molar-refractivity contribution >= 4 is 35.0 Å². The van der Waals surface area contributed by atoms with E-state index in [-0.39, 0.29) is 6.10 Å². The standard InChI is InChI=1S/C15H20Cl2OS/c16-14-7-6-11(9-15(14)17)8-12(18)10-19-13-4-2-1-3-5-13/h6-7,9,12-13,18H,1-5,8,10H2. The molecule has 0 spiro atoms. The lowest BCUT2D eigenvalue weighted by Gasteiger charge is -2.22. The van der Waals surface area contributed by atoms with Gasteiger partial charge >= 0.3 is 0 Å². The third-order valence-corrected chi connectivity index (χ3v) is 5.79. The lowest BCUT2D eigenvalue weighted by atomic mass is 10.0. The predicted octanol–water partition coefficient (Wildman–Crippen LogP) is 4.96. The third kappa shape index (κ3) is 5.18. The van der Waals surface area contributed by atoms with Gasteiger partial charge in [0.05, 0.1) is 16.1 Å². The van der Waals surface area contributed by atoms with Gasteiger partial charge in [-0.1, -0.05) is 48.5 Å². The summed E-state index contributed by atoms with van der Waals surface area (Å²) in [6, 6.07) is 5.57. The Labute approximate surface area is 129 Å². The van der Waals surface area contributed by atoms with Crippen molar-refractivity contribution in [1.82, 2.24) is 0 Å². The van der Waals surface area contributed by atoms with Gasteiger partial charge in [-0.3, -0.25) is 0 Å². The molecule has 1 atom stereocenters. The summed E-state index contributed by atoms with van der Waals surface area (Å²) in [6.07, 6.45) is 7.04. The minimum Gasteiger partial charge on any atom is -0.392 e. The molecule has 106 valence electrons. The minimum atomic E-state index is -0.302. The van der Waals surface area contributed by atoms with Crippen LogP contribution in [-0.2, 0) is 6.42 Å². The van der Waals surface area contributed by atoms with E-state index in [1.807, 2.05) is 23.9 Å². The van der Waals surface area contributed by atoms with Crippen molar-refractivity contribution in [3.63, 3.8) is 0 Å². The average Bonchev–Trinajstić information content (AvgIpc) is 2.42. The first-order chi connectivity index (χ1) is 9.15. The second-order valence-corrected chi connectivity index (χ2v) is 7.35. The molecule has 0 amide bonds. The van der Waals surface area contributed by atoms with Crippen molar-refractivity contribution in [3.05, 3.63) is 33.8 Å². The summed E-state index contributed by atoms with van der Waals surface area (Å²) in [5, 5.41) is 12.0. The van der Waals surface area contributed by atoms with Crippen LogP contribution in [0.25, 0.3) is 0 Å². The van der Waals surface area contributed by atoms with E-state index >= 15 is 0 Å². The highest BCUT2D eigenvalue weighted by Crippen LogP contribution is 2.29. The second kappa shape index (κ2) is 7.78. The number of aliphatic hydroxyl groups excluding tert-OH is 1. The van der Waals surface area contributed by atoms with Gasteiger partial charge in [-0.25, -0.2) is 0 Å². The van der Waals surface area contributed by atoms with Gasteiger partial charge < -0.3 is 5.11 Å². The Balaban J connectivity index is 1.76. The summed E-state index contributed by atoms with van der Waals surface area (Å²) in [7, 11) is 0. The van der Waals surface area contributed by atoms with Gasteiger partial charge in [0.25, 0.3) is 0 Å². The third-order valence-electron chi connectivity index (χ3n) is 3.53. The maximum absolute atomic E-state index is 10.1. The molecule has 4 heteroatoms. The highest BCUT2D eigenvalue weighted by atomic mass is 35.5. The molecule has 0 aliphatic heterocycles.